The molecule has 1 heterocycles. The Balaban J connectivity index is 2.96. The Labute approximate surface area is 92.9 Å². The Kier molecular flexibility index (Phi) is 3.28. The zero-order chi connectivity index (χ0) is 11.6. The van der Waals surface area contributed by atoms with Crippen LogP contribution in [0, 0.1) is 6.92 Å². The van der Waals surface area contributed by atoms with Gasteiger partial charge in [-0.2, -0.15) is 4.37 Å². The SMILES string of the molecule is Cc1nsc(N(CC(=O)O)C(C)(C)C)n1. The molecule has 0 aliphatic carbocycles. The molecule has 0 amide bonds. The average molecular weight is 229 g/mol. The maximum absolute atomic E-state index is 10.8. The van der Waals surface area contributed by atoms with Gasteiger partial charge in [0.25, 0.3) is 0 Å². The van der Waals surface area contributed by atoms with Crippen LogP contribution in [-0.4, -0.2) is 32.5 Å². The van der Waals surface area contributed by atoms with Gasteiger partial charge in [0, 0.05) is 17.1 Å². The first-order chi connectivity index (χ1) is 6.80. The molecule has 0 aliphatic heterocycles. The highest BCUT2D eigenvalue weighted by Crippen LogP contribution is 2.24. The molecule has 0 bridgehead atoms. The van der Waals surface area contributed by atoms with Crippen molar-refractivity contribution in [3.63, 3.8) is 0 Å². The first-order valence-corrected chi connectivity index (χ1v) is 5.38. The zero-order valence-electron chi connectivity index (χ0n) is 9.31. The lowest BCUT2D eigenvalue weighted by molar-refractivity contribution is -0.135. The van der Waals surface area contributed by atoms with Crippen molar-refractivity contribution in [3.05, 3.63) is 5.82 Å². The molecule has 0 unspecified atom stereocenters. The fourth-order valence-corrected chi connectivity index (χ4v) is 1.99. The van der Waals surface area contributed by atoms with Gasteiger partial charge in [-0.25, -0.2) is 4.98 Å². The van der Waals surface area contributed by atoms with Crippen molar-refractivity contribution < 1.29 is 9.90 Å². The summed E-state index contributed by atoms with van der Waals surface area (Å²) >= 11 is 1.23. The molecule has 15 heavy (non-hydrogen) atoms. The minimum atomic E-state index is -0.863. The van der Waals surface area contributed by atoms with Crippen molar-refractivity contribution >= 4 is 22.6 Å². The molecular formula is C9H15N3O2S. The zero-order valence-corrected chi connectivity index (χ0v) is 10.1. The van der Waals surface area contributed by atoms with E-state index in [1.54, 1.807) is 11.8 Å². The topological polar surface area (TPSA) is 66.3 Å². The number of rotatable bonds is 3. The fourth-order valence-electron chi connectivity index (χ4n) is 1.12. The first kappa shape index (κ1) is 11.9. The number of carboxylic acid groups (broad SMARTS) is 1. The van der Waals surface area contributed by atoms with Crippen molar-refractivity contribution in [3.8, 4) is 0 Å². The number of aliphatic carboxylic acids is 1. The van der Waals surface area contributed by atoms with Gasteiger partial charge in [-0.05, 0) is 27.7 Å². The number of carboxylic acids is 1. The molecule has 1 aromatic rings. The summed E-state index contributed by atoms with van der Waals surface area (Å²) in [5, 5.41) is 9.49. The summed E-state index contributed by atoms with van der Waals surface area (Å²) in [5.41, 5.74) is -0.273. The molecule has 0 fully saturated rings. The van der Waals surface area contributed by atoms with Crippen LogP contribution in [0.1, 0.15) is 26.6 Å². The molecule has 1 aromatic heterocycles. The van der Waals surface area contributed by atoms with Crippen LogP contribution in [0.2, 0.25) is 0 Å². The van der Waals surface area contributed by atoms with E-state index in [1.165, 1.54) is 11.5 Å². The monoisotopic (exact) mass is 229 g/mol. The molecule has 0 aliphatic rings. The molecule has 0 atom stereocenters. The van der Waals surface area contributed by atoms with Gasteiger partial charge < -0.3 is 10.0 Å². The van der Waals surface area contributed by atoms with Crippen molar-refractivity contribution in [1.29, 1.82) is 0 Å². The van der Waals surface area contributed by atoms with Crippen LogP contribution in [0.25, 0.3) is 0 Å². The number of aryl methyl sites for hydroxylation is 1. The van der Waals surface area contributed by atoms with Crippen molar-refractivity contribution in [2.24, 2.45) is 0 Å². The van der Waals surface area contributed by atoms with Crippen LogP contribution in [0.3, 0.4) is 0 Å². The smallest absolute Gasteiger partial charge is 0.323 e. The minimum absolute atomic E-state index is 0.0574. The Bertz CT molecular complexity index is 356. The van der Waals surface area contributed by atoms with Crippen molar-refractivity contribution in [2.45, 2.75) is 33.2 Å². The molecule has 84 valence electrons. The number of hydrogen-bond acceptors (Lipinski definition) is 5. The van der Waals surface area contributed by atoms with E-state index in [0.29, 0.717) is 11.0 Å². The molecule has 5 nitrogen and oxygen atoms in total. The molecule has 6 heteroatoms. The summed E-state index contributed by atoms with van der Waals surface area (Å²) in [5.74, 6) is -0.188. The standard InChI is InChI=1S/C9H15N3O2S/c1-6-10-8(15-11-6)12(5-7(13)14)9(2,3)4/h5H2,1-4H3,(H,13,14). The predicted octanol–water partition coefficient (Wildman–Crippen LogP) is 1.54. The van der Waals surface area contributed by atoms with E-state index in [2.05, 4.69) is 9.36 Å². The number of carbonyl (C=O) groups is 1. The lowest BCUT2D eigenvalue weighted by atomic mass is 10.1. The molecule has 1 rings (SSSR count). The van der Waals surface area contributed by atoms with Crippen LogP contribution in [-0.2, 0) is 4.79 Å². The van der Waals surface area contributed by atoms with Crippen molar-refractivity contribution in [2.75, 3.05) is 11.4 Å². The molecule has 0 spiro atoms. The maximum atomic E-state index is 10.8. The largest absolute Gasteiger partial charge is 0.480 e. The minimum Gasteiger partial charge on any atom is -0.480 e. The Hall–Kier alpha value is -1.17. The summed E-state index contributed by atoms with van der Waals surface area (Å²) < 4.78 is 4.05. The highest BCUT2D eigenvalue weighted by Gasteiger charge is 2.26. The summed E-state index contributed by atoms with van der Waals surface area (Å²) in [6, 6.07) is 0. The Morgan fingerprint density at radius 2 is 2.13 bits per heavy atom. The molecule has 0 saturated heterocycles. The highest BCUT2D eigenvalue weighted by molar-refractivity contribution is 7.09. The van der Waals surface area contributed by atoms with E-state index in [-0.39, 0.29) is 12.1 Å². The summed E-state index contributed by atoms with van der Waals surface area (Å²) in [4.78, 5) is 16.7. The lowest BCUT2D eigenvalue weighted by Crippen LogP contribution is -2.44. The second kappa shape index (κ2) is 4.14. The third kappa shape index (κ3) is 3.16. The molecule has 1 N–H and O–H groups in total. The molecule has 0 radical (unpaired) electrons. The van der Waals surface area contributed by atoms with E-state index < -0.39 is 5.97 Å². The number of anilines is 1. The van der Waals surface area contributed by atoms with E-state index in [4.69, 9.17) is 5.11 Å². The quantitative estimate of drug-likeness (QED) is 0.851. The third-order valence-electron chi connectivity index (χ3n) is 1.85. The molecule has 0 aromatic carbocycles. The van der Waals surface area contributed by atoms with E-state index in [0.717, 1.165) is 0 Å². The number of aromatic nitrogens is 2. The van der Waals surface area contributed by atoms with Crippen LogP contribution < -0.4 is 4.90 Å². The first-order valence-electron chi connectivity index (χ1n) is 4.60. The normalized spacial score (nSPS) is 11.5. The van der Waals surface area contributed by atoms with E-state index in [9.17, 15) is 4.79 Å². The van der Waals surface area contributed by atoms with Crippen LogP contribution >= 0.6 is 11.5 Å². The van der Waals surface area contributed by atoms with E-state index in [1.807, 2.05) is 20.8 Å². The fraction of sp³-hybridized carbons (Fsp3) is 0.667. The van der Waals surface area contributed by atoms with E-state index >= 15 is 0 Å². The van der Waals surface area contributed by atoms with Crippen LogP contribution in [0.4, 0.5) is 5.13 Å². The van der Waals surface area contributed by atoms with Gasteiger partial charge in [-0.1, -0.05) is 0 Å². The second-order valence-electron chi connectivity index (χ2n) is 4.27. The van der Waals surface area contributed by atoms with Crippen LogP contribution in [0.5, 0.6) is 0 Å². The van der Waals surface area contributed by atoms with Gasteiger partial charge in [0.05, 0.1) is 0 Å². The number of hydrogen-bond donors (Lipinski definition) is 1. The lowest BCUT2D eigenvalue weighted by Gasteiger charge is -2.33. The number of nitrogens with zero attached hydrogens (tertiary/aromatic N) is 3. The van der Waals surface area contributed by atoms with Crippen molar-refractivity contribution in [1.82, 2.24) is 9.36 Å². The highest BCUT2D eigenvalue weighted by atomic mass is 32.1. The summed E-state index contributed by atoms with van der Waals surface area (Å²) in [6.45, 7) is 7.59. The predicted molar refractivity (Wildman–Crippen MR) is 59.4 cm³/mol. The average Bonchev–Trinajstić information content (AvgIpc) is 2.45. The molecular weight excluding hydrogens is 214 g/mol. The third-order valence-corrected chi connectivity index (χ3v) is 2.68. The van der Waals surface area contributed by atoms with Gasteiger partial charge in [-0.15, -0.1) is 0 Å². The van der Waals surface area contributed by atoms with Gasteiger partial charge in [-0.3, -0.25) is 4.79 Å². The van der Waals surface area contributed by atoms with Gasteiger partial charge >= 0.3 is 5.97 Å². The summed E-state index contributed by atoms with van der Waals surface area (Å²) in [6.07, 6.45) is 0. The van der Waals surface area contributed by atoms with Gasteiger partial charge in [0.15, 0.2) is 0 Å². The second-order valence-corrected chi connectivity index (χ2v) is 5.01. The van der Waals surface area contributed by atoms with Gasteiger partial charge in [0.1, 0.15) is 12.4 Å². The Morgan fingerprint density at radius 1 is 1.53 bits per heavy atom. The molecule has 0 saturated carbocycles. The maximum Gasteiger partial charge on any atom is 0.323 e. The van der Waals surface area contributed by atoms with Gasteiger partial charge in [0.2, 0.25) is 5.13 Å². The Morgan fingerprint density at radius 3 is 2.47 bits per heavy atom. The van der Waals surface area contributed by atoms with Crippen LogP contribution in [0.15, 0.2) is 0 Å². The summed E-state index contributed by atoms with van der Waals surface area (Å²) in [7, 11) is 0.